The lowest BCUT2D eigenvalue weighted by Crippen LogP contribution is -2.35. The first-order chi connectivity index (χ1) is 13.5. The number of benzene rings is 2. The predicted molar refractivity (Wildman–Crippen MR) is 99.9 cm³/mol. The fourth-order valence-corrected chi connectivity index (χ4v) is 2.93. The molecule has 0 heterocycles. The molecule has 0 spiro atoms. The van der Waals surface area contributed by atoms with Crippen LogP contribution in [-0.4, -0.2) is 36.4 Å². The highest BCUT2D eigenvalue weighted by Gasteiger charge is 2.32. The van der Waals surface area contributed by atoms with Crippen molar-refractivity contribution >= 4 is 11.8 Å². The number of halogens is 2. The Morgan fingerprint density at radius 3 is 2.46 bits per heavy atom. The van der Waals surface area contributed by atoms with Crippen molar-refractivity contribution in [2.24, 2.45) is 0 Å². The van der Waals surface area contributed by atoms with Gasteiger partial charge in [-0.25, -0.2) is 8.78 Å². The van der Waals surface area contributed by atoms with Gasteiger partial charge in [0.25, 0.3) is 5.91 Å². The zero-order chi connectivity index (χ0) is 20.1. The molecule has 2 aromatic carbocycles. The third-order valence-corrected chi connectivity index (χ3v) is 4.62. The van der Waals surface area contributed by atoms with E-state index in [9.17, 15) is 18.4 Å². The first kappa shape index (κ1) is 19.8. The molecule has 0 atom stereocenters. The number of carbonyl (C=O) groups is 2. The molecule has 1 fully saturated rings. The average Bonchev–Trinajstić information content (AvgIpc) is 3.51. The molecule has 1 saturated carbocycles. The molecule has 28 heavy (non-hydrogen) atoms. The topological polar surface area (TPSA) is 58.6 Å². The van der Waals surface area contributed by atoms with Crippen LogP contribution >= 0.6 is 0 Å². The number of nitrogens with one attached hydrogen (secondary N) is 1. The minimum atomic E-state index is -0.928. The maximum atomic E-state index is 13.6. The summed E-state index contributed by atoms with van der Waals surface area (Å²) in [4.78, 5) is 26.4. The van der Waals surface area contributed by atoms with Gasteiger partial charge in [0.1, 0.15) is 17.4 Å². The second-order valence-electron chi connectivity index (χ2n) is 6.73. The van der Waals surface area contributed by atoms with Gasteiger partial charge in [-0.1, -0.05) is 12.1 Å². The molecule has 5 nitrogen and oxygen atoms in total. The lowest BCUT2D eigenvalue weighted by atomic mass is 10.2. The van der Waals surface area contributed by atoms with Gasteiger partial charge in [-0.3, -0.25) is 9.59 Å². The van der Waals surface area contributed by atoms with E-state index in [4.69, 9.17) is 4.74 Å². The number of nitrogens with zero attached hydrogens (tertiary/aromatic N) is 1. The van der Waals surface area contributed by atoms with Crippen molar-refractivity contribution in [2.45, 2.75) is 31.8 Å². The van der Waals surface area contributed by atoms with Crippen molar-refractivity contribution in [1.29, 1.82) is 0 Å². The maximum Gasteiger partial charge on any atom is 0.254 e. The van der Waals surface area contributed by atoms with Gasteiger partial charge in [0.2, 0.25) is 5.91 Å². The Labute approximate surface area is 162 Å². The van der Waals surface area contributed by atoms with E-state index in [0.717, 1.165) is 36.3 Å². The maximum absolute atomic E-state index is 13.6. The highest BCUT2D eigenvalue weighted by atomic mass is 19.1. The summed E-state index contributed by atoms with van der Waals surface area (Å²) in [6.45, 7) is 0.578. The van der Waals surface area contributed by atoms with Crippen LogP contribution in [0.2, 0.25) is 0 Å². The number of rotatable bonds is 8. The van der Waals surface area contributed by atoms with Crippen LogP contribution in [0.25, 0.3) is 0 Å². The Kier molecular flexibility index (Phi) is 6.23. The molecular weight excluding hydrogens is 366 g/mol. The Hall–Kier alpha value is -2.96. The van der Waals surface area contributed by atoms with Crippen molar-refractivity contribution in [3.05, 3.63) is 65.2 Å². The fraction of sp³-hybridized carbons (Fsp3) is 0.333. The number of carbonyl (C=O) groups excluding carboxylic acids is 2. The Morgan fingerprint density at radius 2 is 1.86 bits per heavy atom. The summed E-state index contributed by atoms with van der Waals surface area (Å²) in [5, 5.41) is 2.52. The summed E-state index contributed by atoms with van der Waals surface area (Å²) in [6, 6.07) is 10.5. The van der Waals surface area contributed by atoms with Crippen LogP contribution in [-0.2, 0) is 11.3 Å². The minimum Gasteiger partial charge on any atom is -0.497 e. The molecule has 2 amide bonds. The van der Waals surface area contributed by atoms with Gasteiger partial charge < -0.3 is 15.0 Å². The van der Waals surface area contributed by atoms with E-state index in [1.54, 1.807) is 7.11 Å². The average molecular weight is 388 g/mol. The lowest BCUT2D eigenvalue weighted by molar-refractivity contribution is -0.132. The zero-order valence-corrected chi connectivity index (χ0v) is 15.6. The molecule has 0 bridgehead atoms. The molecule has 148 valence electrons. The van der Waals surface area contributed by atoms with Gasteiger partial charge in [0, 0.05) is 31.6 Å². The fourth-order valence-electron chi connectivity index (χ4n) is 2.93. The van der Waals surface area contributed by atoms with Crippen molar-refractivity contribution in [3.63, 3.8) is 0 Å². The molecule has 1 N–H and O–H groups in total. The van der Waals surface area contributed by atoms with Gasteiger partial charge in [0.15, 0.2) is 0 Å². The van der Waals surface area contributed by atoms with Crippen molar-refractivity contribution < 1.29 is 23.1 Å². The van der Waals surface area contributed by atoms with Gasteiger partial charge >= 0.3 is 0 Å². The summed E-state index contributed by atoms with van der Waals surface area (Å²) < 4.78 is 31.7. The first-order valence-electron chi connectivity index (χ1n) is 9.13. The van der Waals surface area contributed by atoms with Crippen LogP contribution in [0.4, 0.5) is 8.78 Å². The second kappa shape index (κ2) is 8.82. The summed E-state index contributed by atoms with van der Waals surface area (Å²) in [6.07, 6.45) is 2.05. The lowest BCUT2D eigenvalue weighted by Gasteiger charge is -2.23. The van der Waals surface area contributed by atoms with E-state index in [0.29, 0.717) is 12.6 Å². The molecule has 0 radical (unpaired) electrons. The first-order valence-corrected chi connectivity index (χ1v) is 9.13. The van der Waals surface area contributed by atoms with Gasteiger partial charge in [-0.05, 0) is 42.7 Å². The second-order valence-corrected chi connectivity index (χ2v) is 6.73. The summed E-state index contributed by atoms with van der Waals surface area (Å²) in [5.74, 6) is -1.66. The molecule has 1 aliphatic carbocycles. The third kappa shape index (κ3) is 5.06. The number of hydrogen-bond acceptors (Lipinski definition) is 3. The summed E-state index contributed by atoms with van der Waals surface area (Å²) >= 11 is 0. The standard InChI is InChI=1S/C21H22F2N2O3/c1-28-17-7-2-14(3-8-17)13-25(16-5-6-16)20(26)10-11-24-21(27)18-9-4-15(22)12-19(18)23/h2-4,7-9,12,16H,5-6,10-11,13H2,1H3,(H,24,27). The van der Waals surface area contributed by atoms with E-state index < -0.39 is 17.5 Å². The van der Waals surface area contributed by atoms with Crippen LogP contribution < -0.4 is 10.1 Å². The van der Waals surface area contributed by atoms with Crippen LogP contribution in [0.3, 0.4) is 0 Å². The molecule has 3 rings (SSSR count). The summed E-state index contributed by atoms with van der Waals surface area (Å²) in [5.41, 5.74) is 0.754. The number of methoxy groups -OCH3 is 1. The molecule has 0 unspecified atom stereocenters. The number of amides is 2. The third-order valence-electron chi connectivity index (χ3n) is 4.62. The van der Waals surface area contributed by atoms with Gasteiger partial charge in [-0.2, -0.15) is 0 Å². The Morgan fingerprint density at radius 1 is 1.14 bits per heavy atom. The monoisotopic (exact) mass is 388 g/mol. The van der Waals surface area contributed by atoms with Crippen molar-refractivity contribution in [1.82, 2.24) is 10.2 Å². The van der Waals surface area contributed by atoms with Crippen LogP contribution in [0, 0.1) is 11.6 Å². The van der Waals surface area contributed by atoms with E-state index in [1.165, 1.54) is 0 Å². The molecular formula is C21H22F2N2O3. The van der Waals surface area contributed by atoms with Gasteiger partial charge in [-0.15, -0.1) is 0 Å². The van der Waals surface area contributed by atoms with E-state index >= 15 is 0 Å². The van der Waals surface area contributed by atoms with E-state index in [1.807, 2.05) is 29.2 Å². The quantitative estimate of drug-likeness (QED) is 0.755. The van der Waals surface area contributed by atoms with E-state index in [2.05, 4.69) is 5.32 Å². The largest absolute Gasteiger partial charge is 0.497 e. The predicted octanol–water partition coefficient (Wildman–Crippen LogP) is 3.28. The number of hydrogen-bond donors (Lipinski definition) is 1. The van der Waals surface area contributed by atoms with Gasteiger partial charge in [0.05, 0.1) is 12.7 Å². The van der Waals surface area contributed by atoms with Crippen LogP contribution in [0.1, 0.15) is 35.2 Å². The molecule has 0 aliphatic heterocycles. The summed E-state index contributed by atoms with van der Waals surface area (Å²) in [7, 11) is 1.60. The van der Waals surface area contributed by atoms with Crippen LogP contribution in [0.5, 0.6) is 5.75 Å². The van der Waals surface area contributed by atoms with E-state index in [-0.39, 0.29) is 30.5 Å². The zero-order valence-electron chi connectivity index (χ0n) is 15.6. The molecule has 0 saturated heterocycles. The SMILES string of the molecule is COc1ccc(CN(C(=O)CCNC(=O)c2ccc(F)cc2F)C2CC2)cc1. The Bertz CT molecular complexity index is 851. The normalized spacial score (nSPS) is 13.1. The highest BCUT2D eigenvalue weighted by Crippen LogP contribution is 2.29. The van der Waals surface area contributed by atoms with Crippen molar-refractivity contribution in [2.75, 3.05) is 13.7 Å². The smallest absolute Gasteiger partial charge is 0.254 e. The molecule has 0 aromatic heterocycles. The molecule has 7 heteroatoms. The molecule has 2 aromatic rings. The minimum absolute atomic E-state index is 0.0711. The molecule has 1 aliphatic rings. The van der Waals surface area contributed by atoms with Crippen molar-refractivity contribution in [3.8, 4) is 5.75 Å². The number of ether oxygens (including phenoxy) is 1. The van der Waals surface area contributed by atoms with Crippen LogP contribution in [0.15, 0.2) is 42.5 Å². The highest BCUT2D eigenvalue weighted by molar-refractivity contribution is 5.94. The Balaban J connectivity index is 1.53.